The van der Waals surface area contributed by atoms with Crippen LogP contribution < -0.4 is 11.1 Å². The van der Waals surface area contributed by atoms with E-state index in [0.29, 0.717) is 5.69 Å². The van der Waals surface area contributed by atoms with Crippen molar-refractivity contribution in [1.29, 1.82) is 0 Å². The summed E-state index contributed by atoms with van der Waals surface area (Å²) >= 11 is 1.38. The summed E-state index contributed by atoms with van der Waals surface area (Å²) in [5.41, 5.74) is 8.69. The quantitative estimate of drug-likeness (QED) is 0.745. The minimum absolute atomic E-state index is 0.349. The van der Waals surface area contributed by atoms with Gasteiger partial charge >= 0.3 is 0 Å². The first-order valence-electron chi connectivity index (χ1n) is 7.65. The van der Waals surface area contributed by atoms with Gasteiger partial charge in [-0.05, 0) is 18.9 Å². The fourth-order valence-electron chi connectivity index (χ4n) is 2.34. The highest BCUT2D eigenvalue weighted by Crippen LogP contribution is 2.24. The Hall–Kier alpha value is -2.67. The van der Waals surface area contributed by atoms with Crippen LogP contribution in [0.1, 0.15) is 29.9 Å². The third kappa shape index (κ3) is 3.03. The predicted molar refractivity (Wildman–Crippen MR) is 94.0 cm³/mol. The fourth-order valence-corrected chi connectivity index (χ4v) is 3.19. The molecule has 0 radical (unpaired) electrons. The summed E-state index contributed by atoms with van der Waals surface area (Å²) in [5.74, 6) is -0.921. The van der Waals surface area contributed by atoms with Gasteiger partial charge in [-0.15, -0.1) is 11.3 Å². The molecule has 0 saturated heterocycles. The maximum absolute atomic E-state index is 12.3. The van der Waals surface area contributed by atoms with Crippen LogP contribution in [0.2, 0.25) is 0 Å². The Balaban J connectivity index is 1.90. The van der Waals surface area contributed by atoms with E-state index in [2.05, 4.69) is 29.4 Å². The zero-order chi connectivity index (χ0) is 17.3. The van der Waals surface area contributed by atoms with Gasteiger partial charge in [0, 0.05) is 17.1 Å². The lowest BCUT2D eigenvalue weighted by molar-refractivity contribution is -0.119. The third-order valence-electron chi connectivity index (χ3n) is 3.87. The molecule has 1 aromatic carbocycles. The van der Waals surface area contributed by atoms with Crippen LogP contribution in [0.25, 0.3) is 16.2 Å². The number of hydrogen-bond acceptors (Lipinski definition) is 4. The van der Waals surface area contributed by atoms with Crippen molar-refractivity contribution in [2.45, 2.75) is 26.3 Å². The molecule has 2 heterocycles. The zero-order valence-corrected chi connectivity index (χ0v) is 14.3. The topological polar surface area (TPSA) is 89.5 Å². The Kier molecular flexibility index (Phi) is 4.35. The Morgan fingerprint density at radius 2 is 2.04 bits per heavy atom. The van der Waals surface area contributed by atoms with E-state index in [1.54, 1.807) is 16.7 Å². The number of benzene rings is 1. The van der Waals surface area contributed by atoms with Gasteiger partial charge in [0.2, 0.25) is 5.91 Å². The first kappa shape index (κ1) is 16.2. The van der Waals surface area contributed by atoms with Gasteiger partial charge in [0.1, 0.15) is 11.7 Å². The second kappa shape index (κ2) is 6.45. The van der Waals surface area contributed by atoms with E-state index in [1.165, 1.54) is 16.9 Å². The number of carbonyl (C=O) groups is 2. The van der Waals surface area contributed by atoms with Crippen LogP contribution in [0.4, 0.5) is 0 Å². The number of nitrogens with zero attached hydrogens (tertiary/aromatic N) is 2. The molecule has 0 bridgehead atoms. The number of nitrogens with two attached hydrogens (primary N) is 1. The molecule has 0 spiro atoms. The average molecular weight is 342 g/mol. The van der Waals surface area contributed by atoms with Crippen LogP contribution in [0.3, 0.4) is 0 Å². The number of fused-ring (bicyclic) bond motifs is 1. The molecule has 6 nitrogen and oxygen atoms in total. The summed E-state index contributed by atoms with van der Waals surface area (Å²) in [5, 5.41) is 4.30. The lowest BCUT2D eigenvalue weighted by atomic mass is 10.1. The van der Waals surface area contributed by atoms with E-state index in [4.69, 9.17) is 5.73 Å². The molecule has 24 heavy (non-hydrogen) atoms. The molecule has 0 saturated carbocycles. The van der Waals surface area contributed by atoms with Crippen LogP contribution in [0.15, 0.2) is 35.8 Å². The molecule has 2 aromatic heterocycles. The standard InChI is InChI=1S/C17H18N4O2S/c1-3-11-4-6-12(7-5-11)13-8-21-14(9-24-17(21)20-13)16(23)19-10(2)15(18)22/h4-10H,3H2,1-2H3,(H2,18,22)(H,19,23). The van der Waals surface area contributed by atoms with Gasteiger partial charge < -0.3 is 11.1 Å². The minimum atomic E-state index is -0.725. The molecule has 7 heteroatoms. The van der Waals surface area contributed by atoms with Crippen molar-refractivity contribution in [3.8, 4) is 11.3 Å². The monoisotopic (exact) mass is 342 g/mol. The highest BCUT2D eigenvalue weighted by atomic mass is 32.1. The molecule has 3 aromatic rings. The smallest absolute Gasteiger partial charge is 0.269 e. The molecule has 0 aliphatic carbocycles. The van der Waals surface area contributed by atoms with Crippen LogP contribution >= 0.6 is 11.3 Å². The summed E-state index contributed by atoms with van der Waals surface area (Å²) in [6.07, 6.45) is 2.82. The van der Waals surface area contributed by atoms with E-state index < -0.39 is 11.9 Å². The van der Waals surface area contributed by atoms with Crippen molar-refractivity contribution in [2.75, 3.05) is 0 Å². The summed E-state index contributed by atoms with van der Waals surface area (Å²) in [6.45, 7) is 3.66. The number of aromatic nitrogens is 2. The van der Waals surface area contributed by atoms with Crippen molar-refractivity contribution in [3.05, 3.63) is 47.1 Å². The number of thiazole rings is 1. The number of nitrogens with one attached hydrogen (secondary N) is 1. The van der Waals surface area contributed by atoms with E-state index in [9.17, 15) is 9.59 Å². The van der Waals surface area contributed by atoms with Gasteiger partial charge in [0.05, 0.1) is 5.69 Å². The lowest BCUT2D eigenvalue weighted by Crippen LogP contribution is -2.42. The maximum Gasteiger partial charge on any atom is 0.269 e. The van der Waals surface area contributed by atoms with Crippen molar-refractivity contribution in [3.63, 3.8) is 0 Å². The number of primary amides is 1. The molecular weight excluding hydrogens is 324 g/mol. The first-order valence-corrected chi connectivity index (χ1v) is 8.53. The SMILES string of the molecule is CCc1ccc(-c2cn3c(C(=O)NC(C)C(N)=O)csc3n2)cc1. The van der Waals surface area contributed by atoms with E-state index in [0.717, 1.165) is 22.6 Å². The summed E-state index contributed by atoms with van der Waals surface area (Å²) in [6, 6.07) is 7.48. The number of rotatable bonds is 5. The zero-order valence-electron chi connectivity index (χ0n) is 13.4. The molecule has 1 unspecified atom stereocenters. The summed E-state index contributed by atoms with van der Waals surface area (Å²) < 4.78 is 1.73. The number of amides is 2. The minimum Gasteiger partial charge on any atom is -0.368 e. The molecular formula is C17H18N4O2S. The van der Waals surface area contributed by atoms with Gasteiger partial charge in [-0.1, -0.05) is 31.2 Å². The third-order valence-corrected chi connectivity index (χ3v) is 4.71. The fraction of sp³-hybridized carbons (Fsp3) is 0.235. The molecule has 0 aliphatic rings. The maximum atomic E-state index is 12.3. The molecule has 3 N–H and O–H groups in total. The van der Waals surface area contributed by atoms with Crippen molar-refractivity contribution >= 4 is 28.1 Å². The second-order valence-electron chi connectivity index (χ2n) is 5.55. The van der Waals surface area contributed by atoms with Gasteiger partial charge in [0.25, 0.3) is 5.91 Å². The van der Waals surface area contributed by atoms with Crippen LogP contribution in [-0.2, 0) is 11.2 Å². The van der Waals surface area contributed by atoms with Gasteiger partial charge in [-0.3, -0.25) is 14.0 Å². The van der Waals surface area contributed by atoms with Gasteiger partial charge in [-0.2, -0.15) is 0 Å². The first-order chi connectivity index (χ1) is 11.5. The summed E-state index contributed by atoms with van der Waals surface area (Å²) in [4.78, 5) is 28.7. The number of carbonyl (C=O) groups excluding carboxylic acids is 2. The second-order valence-corrected chi connectivity index (χ2v) is 6.38. The van der Waals surface area contributed by atoms with Crippen molar-refractivity contribution in [1.82, 2.24) is 14.7 Å². The van der Waals surface area contributed by atoms with E-state index >= 15 is 0 Å². The van der Waals surface area contributed by atoms with Crippen LogP contribution in [0, 0.1) is 0 Å². The highest BCUT2D eigenvalue weighted by molar-refractivity contribution is 7.15. The van der Waals surface area contributed by atoms with E-state index in [-0.39, 0.29) is 5.91 Å². The van der Waals surface area contributed by atoms with Crippen LogP contribution in [-0.4, -0.2) is 27.2 Å². The Labute approximate surface area is 143 Å². The number of imidazole rings is 1. The summed E-state index contributed by atoms with van der Waals surface area (Å²) in [7, 11) is 0. The molecule has 0 aliphatic heterocycles. The Bertz CT molecular complexity index is 895. The number of hydrogen-bond donors (Lipinski definition) is 2. The average Bonchev–Trinajstić information content (AvgIpc) is 3.15. The van der Waals surface area contributed by atoms with E-state index in [1.807, 2.05) is 18.3 Å². The molecule has 3 rings (SSSR count). The highest BCUT2D eigenvalue weighted by Gasteiger charge is 2.18. The van der Waals surface area contributed by atoms with Crippen LogP contribution in [0.5, 0.6) is 0 Å². The van der Waals surface area contributed by atoms with Crippen molar-refractivity contribution < 1.29 is 9.59 Å². The Morgan fingerprint density at radius 3 is 2.67 bits per heavy atom. The normalized spacial score (nSPS) is 12.2. The predicted octanol–water partition coefficient (Wildman–Crippen LogP) is 2.23. The molecule has 124 valence electrons. The lowest BCUT2D eigenvalue weighted by Gasteiger charge is -2.09. The molecule has 2 amide bonds. The number of aryl methyl sites for hydroxylation is 1. The van der Waals surface area contributed by atoms with Gasteiger partial charge in [-0.25, -0.2) is 4.98 Å². The van der Waals surface area contributed by atoms with Crippen molar-refractivity contribution in [2.24, 2.45) is 5.73 Å². The largest absolute Gasteiger partial charge is 0.368 e. The molecule has 0 fully saturated rings. The molecule has 1 atom stereocenters. The Morgan fingerprint density at radius 1 is 1.33 bits per heavy atom. The van der Waals surface area contributed by atoms with Gasteiger partial charge in [0.15, 0.2) is 4.96 Å².